The number of alkyl halides is 4. The predicted molar refractivity (Wildman–Crippen MR) is 66.0 cm³/mol. The fourth-order valence-electron chi connectivity index (χ4n) is 2.67. The predicted octanol–water partition coefficient (Wildman–Crippen LogP) is 4.78. The Morgan fingerprint density at radius 2 is 1.67 bits per heavy atom. The van der Waals surface area contributed by atoms with Crippen LogP contribution in [0.2, 0.25) is 0 Å². The fourth-order valence-corrected chi connectivity index (χ4v) is 2.86. The van der Waals surface area contributed by atoms with Crippen LogP contribution in [-0.2, 0) is 12.8 Å². The molecule has 0 heterocycles. The minimum Gasteiger partial charge on any atom is -0.169 e. The van der Waals surface area contributed by atoms with E-state index in [1.54, 1.807) is 18.2 Å². The van der Waals surface area contributed by atoms with E-state index in [4.69, 9.17) is 11.6 Å². The lowest BCUT2D eigenvalue weighted by atomic mass is 9.98. The standard InChI is InChI=1S/C14H10ClF3/c15-13(14(16,17)18)11-7-6-9-5-4-8-2-1-3-10(11)12(8)9/h1-3,6-7,13H,4-5H2. The molecule has 1 unspecified atom stereocenters. The van der Waals surface area contributed by atoms with Crippen molar-refractivity contribution in [1.29, 1.82) is 0 Å². The maximum atomic E-state index is 12.7. The Kier molecular flexibility index (Phi) is 2.56. The smallest absolute Gasteiger partial charge is 0.169 e. The summed E-state index contributed by atoms with van der Waals surface area (Å²) in [5.74, 6) is 0. The van der Waals surface area contributed by atoms with Crippen LogP contribution in [-0.4, -0.2) is 6.18 Å². The van der Waals surface area contributed by atoms with E-state index >= 15 is 0 Å². The lowest BCUT2D eigenvalue weighted by Gasteiger charge is -2.16. The van der Waals surface area contributed by atoms with Gasteiger partial charge in [-0.1, -0.05) is 30.3 Å². The Hall–Kier alpha value is -1.22. The molecule has 0 bridgehead atoms. The number of halogens is 4. The molecule has 1 aliphatic carbocycles. The van der Waals surface area contributed by atoms with E-state index in [1.807, 2.05) is 6.07 Å². The zero-order valence-electron chi connectivity index (χ0n) is 9.39. The molecule has 1 atom stereocenters. The third kappa shape index (κ3) is 1.69. The van der Waals surface area contributed by atoms with Crippen molar-refractivity contribution in [2.24, 2.45) is 0 Å². The van der Waals surface area contributed by atoms with E-state index in [9.17, 15) is 13.2 Å². The quantitative estimate of drug-likeness (QED) is 0.654. The highest BCUT2D eigenvalue weighted by atomic mass is 35.5. The summed E-state index contributed by atoms with van der Waals surface area (Å²) in [6.45, 7) is 0. The molecule has 0 saturated carbocycles. The monoisotopic (exact) mass is 270 g/mol. The summed E-state index contributed by atoms with van der Waals surface area (Å²) in [7, 11) is 0. The second kappa shape index (κ2) is 3.89. The Morgan fingerprint density at radius 3 is 2.33 bits per heavy atom. The maximum absolute atomic E-state index is 12.7. The third-order valence-electron chi connectivity index (χ3n) is 3.47. The molecule has 0 nitrogen and oxygen atoms in total. The van der Waals surface area contributed by atoms with Gasteiger partial charge in [-0.2, -0.15) is 13.2 Å². The van der Waals surface area contributed by atoms with Crippen LogP contribution in [0.4, 0.5) is 13.2 Å². The normalized spacial score (nSPS) is 16.2. The molecule has 0 saturated heterocycles. The van der Waals surface area contributed by atoms with Gasteiger partial charge < -0.3 is 0 Å². The Balaban J connectivity index is 2.27. The van der Waals surface area contributed by atoms with Gasteiger partial charge in [-0.3, -0.25) is 0 Å². The molecule has 18 heavy (non-hydrogen) atoms. The molecule has 1 aliphatic rings. The van der Waals surface area contributed by atoms with E-state index < -0.39 is 11.6 Å². The van der Waals surface area contributed by atoms with Crippen LogP contribution in [0, 0.1) is 0 Å². The van der Waals surface area contributed by atoms with Gasteiger partial charge in [0.15, 0.2) is 5.38 Å². The number of rotatable bonds is 1. The fraction of sp³-hybridized carbons (Fsp3) is 0.286. The first-order valence-corrected chi connectivity index (χ1v) is 6.16. The summed E-state index contributed by atoms with van der Waals surface area (Å²) in [5.41, 5.74) is 2.40. The molecule has 0 radical (unpaired) electrons. The van der Waals surface area contributed by atoms with Gasteiger partial charge in [-0.25, -0.2) is 0 Å². The van der Waals surface area contributed by atoms with E-state index in [-0.39, 0.29) is 5.56 Å². The molecule has 0 spiro atoms. The molecule has 2 aromatic rings. The molecular weight excluding hydrogens is 261 g/mol. The molecule has 0 N–H and O–H groups in total. The summed E-state index contributed by atoms with van der Waals surface area (Å²) in [6.07, 6.45) is -2.62. The molecule has 0 fully saturated rings. The molecular formula is C14H10ClF3. The number of benzene rings is 2. The van der Waals surface area contributed by atoms with E-state index in [0.29, 0.717) is 5.39 Å². The Labute approximate surface area is 107 Å². The first-order chi connectivity index (χ1) is 8.48. The Bertz CT molecular complexity index is 606. The lowest BCUT2D eigenvalue weighted by molar-refractivity contribution is -0.131. The highest BCUT2D eigenvalue weighted by Gasteiger charge is 2.40. The van der Waals surface area contributed by atoms with Crippen molar-refractivity contribution in [3.05, 3.63) is 47.0 Å². The first-order valence-electron chi connectivity index (χ1n) is 5.72. The zero-order chi connectivity index (χ0) is 12.9. The summed E-state index contributed by atoms with van der Waals surface area (Å²) in [4.78, 5) is 0. The van der Waals surface area contributed by atoms with Crippen LogP contribution in [0.1, 0.15) is 22.1 Å². The van der Waals surface area contributed by atoms with Crippen molar-refractivity contribution < 1.29 is 13.2 Å². The minimum absolute atomic E-state index is 0.159. The summed E-state index contributed by atoms with van der Waals surface area (Å²) >= 11 is 5.56. The van der Waals surface area contributed by atoms with Crippen molar-refractivity contribution in [1.82, 2.24) is 0 Å². The molecule has 4 heteroatoms. The van der Waals surface area contributed by atoms with Gasteiger partial charge in [0.2, 0.25) is 0 Å². The van der Waals surface area contributed by atoms with Crippen LogP contribution in [0.3, 0.4) is 0 Å². The van der Waals surface area contributed by atoms with Crippen LogP contribution in [0.5, 0.6) is 0 Å². The highest BCUT2D eigenvalue weighted by molar-refractivity contribution is 6.22. The Morgan fingerprint density at radius 1 is 1.00 bits per heavy atom. The largest absolute Gasteiger partial charge is 0.408 e. The van der Waals surface area contributed by atoms with Gasteiger partial charge in [-0.05, 0) is 40.3 Å². The van der Waals surface area contributed by atoms with Crippen molar-refractivity contribution in [3.63, 3.8) is 0 Å². The second-order valence-corrected chi connectivity index (χ2v) is 4.99. The van der Waals surface area contributed by atoms with Crippen molar-refractivity contribution >= 4 is 22.4 Å². The van der Waals surface area contributed by atoms with Gasteiger partial charge in [0, 0.05) is 0 Å². The van der Waals surface area contributed by atoms with Crippen molar-refractivity contribution in [3.8, 4) is 0 Å². The summed E-state index contributed by atoms with van der Waals surface area (Å²) < 4.78 is 38.2. The van der Waals surface area contributed by atoms with Gasteiger partial charge in [0.25, 0.3) is 0 Å². The zero-order valence-corrected chi connectivity index (χ0v) is 10.1. The lowest BCUT2D eigenvalue weighted by Crippen LogP contribution is -2.16. The van der Waals surface area contributed by atoms with E-state index in [1.165, 1.54) is 6.07 Å². The van der Waals surface area contributed by atoms with Gasteiger partial charge in [0.05, 0.1) is 0 Å². The van der Waals surface area contributed by atoms with Crippen LogP contribution < -0.4 is 0 Å². The van der Waals surface area contributed by atoms with Crippen LogP contribution >= 0.6 is 11.6 Å². The first kappa shape index (κ1) is 11.8. The summed E-state index contributed by atoms with van der Waals surface area (Å²) in [6, 6.07) is 8.78. The molecule has 3 rings (SSSR count). The molecule has 0 aromatic heterocycles. The molecule has 94 valence electrons. The van der Waals surface area contributed by atoms with Gasteiger partial charge in [0.1, 0.15) is 0 Å². The highest BCUT2D eigenvalue weighted by Crippen LogP contribution is 2.43. The molecule has 0 aliphatic heterocycles. The average molecular weight is 271 g/mol. The number of hydrogen-bond acceptors (Lipinski definition) is 0. The van der Waals surface area contributed by atoms with E-state index in [2.05, 4.69) is 0 Å². The van der Waals surface area contributed by atoms with Gasteiger partial charge >= 0.3 is 6.18 Å². The number of hydrogen-bond donors (Lipinski definition) is 0. The van der Waals surface area contributed by atoms with Crippen molar-refractivity contribution in [2.45, 2.75) is 24.4 Å². The van der Waals surface area contributed by atoms with Crippen LogP contribution in [0.25, 0.3) is 10.8 Å². The minimum atomic E-state index is -4.42. The SMILES string of the molecule is FC(F)(F)C(Cl)c1ccc2c3c(cccc13)CC2. The third-order valence-corrected chi connectivity index (χ3v) is 3.95. The van der Waals surface area contributed by atoms with E-state index in [0.717, 1.165) is 29.4 Å². The average Bonchev–Trinajstić information content (AvgIpc) is 2.73. The second-order valence-electron chi connectivity index (χ2n) is 4.56. The molecule has 0 amide bonds. The molecule has 2 aromatic carbocycles. The van der Waals surface area contributed by atoms with Crippen LogP contribution in [0.15, 0.2) is 30.3 Å². The van der Waals surface area contributed by atoms with Crippen molar-refractivity contribution in [2.75, 3.05) is 0 Å². The topological polar surface area (TPSA) is 0 Å². The van der Waals surface area contributed by atoms with Gasteiger partial charge in [-0.15, -0.1) is 11.6 Å². The maximum Gasteiger partial charge on any atom is 0.408 e. The summed E-state index contributed by atoms with van der Waals surface area (Å²) in [5, 5.41) is -0.341. The number of aryl methyl sites for hydroxylation is 2.